The van der Waals surface area contributed by atoms with Gasteiger partial charge in [0.2, 0.25) is 0 Å². The summed E-state index contributed by atoms with van der Waals surface area (Å²) in [4.78, 5) is 4.70. The third kappa shape index (κ3) is 2.88. The molecule has 0 heterocycles. The van der Waals surface area contributed by atoms with E-state index < -0.39 is 12.2 Å². The molecule has 0 bridgehead atoms. The van der Waals surface area contributed by atoms with Crippen LogP contribution in [0.1, 0.15) is 19.8 Å². The Morgan fingerprint density at radius 2 is 1.86 bits per heavy atom. The number of nitrogens with zero attached hydrogens (tertiary/aromatic N) is 1. The summed E-state index contributed by atoms with van der Waals surface area (Å²) in [6.45, 7) is 1.70. The molecule has 14 heavy (non-hydrogen) atoms. The van der Waals surface area contributed by atoms with Crippen molar-refractivity contribution in [1.29, 1.82) is 0 Å². The van der Waals surface area contributed by atoms with Gasteiger partial charge < -0.3 is 9.84 Å². The van der Waals surface area contributed by atoms with E-state index in [2.05, 4.69) is 0 Å². The van der Waals surface area contributed by atoms with Gasteiger partial charge in [-0.3, -0.25) is 10.4 Å². The highest BCUT2D eigenvalue weighted by Crippen LogP contribution is 2.32. The molecule has 4 atom stereocenters. The maximum absolute atomic E-state index is 9.37. The molecule has 1 fully saturated rings. The monoisotopic (exact) mass is 207 g/mol. The van der Waals surface area contributed by atoms with Crippen molar-refractivity contribution in [3.63, 3.8) is 0 Å². The van der Waals surface area contributed by atoms with E-state index in [0.717, 1.165) is 0 Å². The van der Waals surface area contributed by atoms with E-state index in [1.54, 1.807) is 6.92 Å². The molecule has 0 saturated heterocycles. The van der Waals surface area contributed by atoms with Crippen molar-refractivity contribution in [2.24, 2.45) is 5.92 Å². The first kappa shape index (κ1) is 11.8. The third-order valence-electron chi connectivity index (χ3n) is 2.70. The number of aliphatic hydroxyl groups is 1. The number of hydrogen-bond acceptors (Lipinski definition) is 6. The Morgan fingerprint density at radius 3 is 2.29 bits per heavy atom. The van der Waals surface area contributed by atoms with Gasteiger partial charge in [-0.2, -0.15) is 0 Å². The number of methoxy groups -OCH3 is 1. The minimum Gasteiger partial charge on any atom is -0.393 e. The molecule has 3 N–H and O–H groups in total. The standard InChI is InChI=1S/C8H17NO5/c1-5(10)6-3-7(13-2)8(4-6)14-9(11)12/h5-8,10-12H,3-4H2,1-2H3. The molecular weight excluding hydrogens is 190 g/mol. The first-order chi connectivity index (χ1) is 6.54. The van der Waals surface area contributed by atoms with Gasteiger partial charge in [-0.25, -0.2) is 4.84 Å². The maximum atomic E-state index is 9.37. The molecule has 1 saturated carbocycles. The zero-order valence-corrected chi connectivity index (χ0v) is 8.33. The van der Waals surface area contributed by atoms with Gasteiger partial charge in [0.15, 0.2) is 0 Å². The molecule has 6 heteroatoms. The highest BCUT2D eigenvalue weighted by atomic mass is 17.1. The van der Waals surface area contributed by atoms with Crippen LogP contribution in [-0.4, -0.2) is 46.3 Å². The number of aliphatic hydroxyl groups excluding tert-OH is 1. The Balaban J connectivity index is 2.49. The highest BCUT2D eigenvalue weighted by Gasteiger charge is 2.38. The summed E-state index contributed by atoms with van der Waals surface area (Å²) >= 11 is 0. The van der Waals surface area contributed by atoms with Crippen LogP contribution in [-0.2, 0) is 9.57 Å². The van der Waals surface area contributed by atoms with Crippen molar-refractivity contribution in [3.05, 3.63) is 0 Å². The van der Waals surface area contributed by atoms with Crippen LogP contribution in [0.3, 0.4) is 0 Å². The number of ether oxygens (including phenoxy) is 1. The van der Waals surface area contributed by atoms with E-state index in [1.165, 1.54) is 7.11 Å². The third-order valence-corrected chi connectivity index (χ3v) is 2.70. The van der Waals surface area contributed by atoms with Crippen LogP contribution in [0.15, 0.2) is 0 Å². The molecule has 6 nitrogen and oxygen atoms in total. The molecular formula is C8H17NO5. The van der Waals surface area contributed by atoms with E-state index in [-0.39, 0.29) is 17.4 Å². The molecule has 0 aromatic carbocycles. The van der Waals surface area contributed by atoms with Gasteiger partial charge >= 0.3 is 0 Å². The lowest BCUT2D eigenvalue weighted by atomic mass is 10.0. The predicted molar refractivity (Wildman–Crippen MR) is 45.5 cm³/mol. The Labute approximate surface area is 82.5 Å². The molecule has 0 aliphatic heterocycles. The topological polar surface area (TPSA) is 82.4 Å². The molecule has 1 rings (SSSR count). The van der Waals surface area contributed by atoms with Gasteiger partial charge in [0.25, 0.3) is 0 Å². The lowest BCUT2D eigenvalue weighted by Crippen LogP contribution is -2.31. The number of rotatable bonds is 4. The molecule has 0 spiro atoms. The van der Waals surface area contributed by atoms with Crippen molar-refractivity contribution in [3.8, 4) is 0 Å². The number of hydrogen-bond donors (Lipinski definition) is 3. The minimum atomic E-state index is -0.438. The van der Waals surface area contributed by atoms with Gasteiger partial charge in [0.05, 0.1) is 17.6 Å². The normalized spacial score (nSPS) is 35.1. The Bertz CT molecular complexity index is 175. The summed E-state index contributed by atoms with van der Waals surface area (Å²) in [6.07, 6.45) is 0.138. The second kappa shape index (κ2) is 5.01. The molecule has 4 unspecified atom stereocenters. The summed E-state index contributed by atoms with van der Waals surface area (Å²) < 4.78 is 5.12. The molecule has 0 aromatic heterocycles. The van der Waals surface area contributed by atoms with Crippen molar-refractivity contribution < 1.29 is 25.1 Å². The fraction of sp³-hybridized carbons (Fsp3) is 1.00. The Morgan fingerprint density at radius 1 is 1.29 bits per heavy atom. The van der Waals surface area contributed by atoms with Crippen LogP contribution >= 0.6 is 0 Å². The quantitative estimate of drug-likeness (QED) is 0.570. The van der Waals surface area contributed by atoms with Gasteiger partial charge in [0, 0.05) is 7.11 Å². The molecule has 84 valence electrons. The van der Waals surface area contributed by atoms with Crippen molar-refractivity contribution in [1.82, 2.24) is 5.39 Å². The molecule has 0 amide bonds. The smallest absolute Gasteiger partial charge is 0.111 e. The van der Waals surface area contributed by atoms with Crippen molar-refractivity contribution >= 4 is 0 Å². The van der Waals surface area contributed by atoms with E-state index in [9.17, 15) is 5.11 Å². The van der Waals surface area contributed by atoms with Gasteiger partial charge in [0.1, 0.15) is 6.10 Å². The fourth-order valence-corrected chi connectivity index (χ4v) is 1.87. The van der Waals surface area contributed by atoms with E-state index in [1.807, 2.05) is 0 Å². The lowest BCUT2D eigenvalue weighted by Gasteiger charge is -2.18. The zero-order valence-electron chi connectivity index (χ0n) is 8.33. The van der Waals surface area contributed by atoms with Gasteiger partial charge in [-0.15, -0.1) is 0 Å². The average Bonchev–Trinajstić information content (AvgIpc) is 2.46. The summed E-state index contributed by atoms with van der Waals surface area (Å²) in [5, 5.41) is 26.1. The van der Waals surface area contributed by atoms with Crippen LogP contribution in [0.4, 0.5) is 0 Å². The highest BCUT2D eigenvalue weighted by molar-refractivity contribution is 4.86. The predicted octanol–water partition coefficient (Wildman–Crippen LogP) is 0.173. The minimum absolute atomic E-state index is 0.0740. The van der Waals surface area contributed by atoms with E-state index in [4.69, 9.17) is 20.0 Å². The average molecular weight is 207 g/mol. The van der Waals surface area contributed by atoms with Gasteiger partial charge in [-0.1, -0.05) is 0 Å². The van der Waals surface area contributed by atoms with Crippen LogP contribution in [0.25, 0.3) is 0 Å². The van der Waals surface area contributed by atoms with Crippen LogP contribution in [0.5, 0.6) is 0 Å². The lowest BCUT2D eigenvalue weighted by molar-refractivity contribution is -0.508. The zero-order chi connectivity index (χ0) is 10.7. The van der Waals surface area contributed by atoms with Crippen molar-refractivity contribution in [2.75, 3.05) is 7.11 Å². The largest absolute Gasteiger partial charge is 0.393 e. The Kier molecular flexibility index (Phi) is 4.24. The van der Waals surface area contributed by atoms with E-state index in [0.29, 0.717) is 12.8 Å². The molecule has 0 radical (unpaired) electrons. The van der Waals surface area contributed by atoms with Crippen LogP contribution in [0.2, 0.25) is 0 Å². The Hall–Kier alpha value is -0.240. The second-order valence-corrected chi connectivity index (χ2v) is 3.64. The summed E-state index contributed by atoms with van der Waals surface area (Å²) in [5.41, 5.74) is 0. The second-order valence-electron chi connectivity index (χ2n) is 3.64. The van der Waals surface area contributed by atoms with Crippen LogP contribution in [0, 0.1) is 5.92 Å². The summed E-state index contributed by atoms with van der Waals surface area (Å²) in [7, 11) is 1.53. The first-order valence-electron chi connectivity index (χ1n) is 4.60. The van der Waals surface area contributed by atoms with Crippen molar-refractivity contribution in [2.45, 2.75) is 38.1 Å². The molecule has 1 aliphatic carbocycles. The van der Waals surface area contributed by atoms with Gasteiger partial charge in [-0.05, 0) is 25.7 Å². The summed E-state index contributed by atoms with van der Waals surface area (Å²) in [5.74, 6) is 0.0740. The molecule has 1 aliphatic rings. The fourth-order valence-electron chi connectivity index (χ4n) is 1.87. The SMILES string of the molecule is COC1CC(C(C)O)CC1ON(O)O. The first-order valence-corrected chi connectivity index (χ1v) is 4.60. The molecule has 0 aromatic rings. The summed E-state index contributed by atoms with van der Waals surface area (Å²) in [6, 6.07) is 0. The van der Waals surface area contributed by atoms with Crippen LogP contribution < -0.4 is 0 Å². The maximum Gasteiger partial charge on any atom is 0.111 e. The van der Waals surface area contributed by atoms with E-state index >= 15 is 0 Å².